The van der Waals surface area contributed by atoms with Gasteiger partial charge in [0.2, 0.25) is 5.78 Å². The highest BCUT2D eigenvalue weighted by Gasteiger charge is 2.16. The molecule has 0 aliphatic carbocycles. The van der Waals surface area contributed by atoms with Gasteiger partial charge in [0.1, 0.15) is 0 Å². The van der Waals surface area contributed by atoms with Crippen molar-refractivity contribution in [3.05, 3.63) is 46.0 Å². The zero-order valence-corrected chi connectivity index (χ0v) is 12.9. The van der Waals surface area contributed by atoms with Crippen LogP contribution in [0.25, 0.3) is 0 Å². The zero-order chi connectivity index (χ0) is 15.9. The molecule has 0 fully saturated rings. The molecule has 0 unspecified atom stereocenters. The Bertz CT molecular complexity index is 661. The maximum Gasteiger partial charge on any atom is 0.309 e. The summed E-state index contributed by atoms with van der Waals surface area (Å²) in [7, 11) is 0. The van der Waals surface area contributed by atoms with Crippen molar-refractivity contribution in [3.63, 3.8) is 0 Å². The highest BCUT2D eigenvalue weighted by molar-refractivity contribution is 7.14. The van der Waals surface area contributed by atoms with Gasteiger partial charge in [-0.1, -0.05) is 6.92 Å². The normalized spacial score (nSPS) is 10.2. The first-order valence-electron chi connectivity index (χ1n) is 6.84. The highest BCUT2D eigenvalue weighted by atomic mass is 32.1. The van der Waals surface area contributed by atoms with Crippen molar-refractivity contribution >= 4 is 28.9 Å². The molecule has 0 saturated heterocycles. The van der Waals surface area contributed by atoms with E-state index < -0.39 is 11.8 Å². The Morgan fingerprint density at radius 1 is 1.14 bits per heavy atom. The molecule has 0 bridgehead atoms. The van der Waals surface area contributed by atoms with E-state index in [4.69, 9.17) is 4.42 Å². The molecular weight excluding hydrogens is 304 g/mol. The van der Waals surface area contributed by atoms with Crippen LogP contribution in [0.3, 0.4) is 0 Å². The van der Waals surface area contributed by atoms with E-state index in [1.807, 2.05) is 6.92 Å². The summed E-state index contributed by atoms with van der Waals surface area (Å²) in [5, 5.41) is 5.02. The molecule has 0 aliphatic rings. The van der Waals surface area contributed by atoms with Gasteiger partial charge < -0.3 is 15.1 Å². The summed E-state index contributed by atoms with van der Waals surface area (Å²) in [5.41, 5.74) is 0. The minimum atomic E-state index is -0.680. The minimum Gasteiger partial charge on any atom is -0.461 e. The first-order valence-corrected chi connectivity index (χ1v) is 7.66. The number of hydrogen-bond donors (Lipinski definition) is 2. The van der Waals surface area contributed by atoms with Crippen LogP contribution < -0.4 is 10.6 Å². The molecule has 2 rings (SSSR count). The Labute approximate surface area is 131 Å². The van der Waals surface area contributed by atoms with Gasteiger partial charge in [0, 0.05) is 11.4 Å². The van der Waals surface area contributed by atoms with Crippen molar-refractivity contribution in [2.75, 3.05) is 6.54 Å². The molecule has 2 N–H and O–H groups in total. The van der Waals surface area contributed by atoms with E-state index in [0.29, 0.717) is 11.4 Å². The topological polar surface area (TPSA) is 88.4 Å². The quantitative estimate of drug-likeness (QED) is 0.626. The van der Waals surface area contributed by atoms with Crippen molar-refractivity contribution in [2.24, 2.45) is 0 Å². The zero-order valence-electron chi connectivity index (χ0n) is 12.0. The lowest BCUT2D eigenvalue weighted by atomic mass is 10.2. The van der Waals surface area contributed by atoms with Crippen LogP contribution in [-0.4, -0.2) is 24.1 Å². The summed E-state index contributed by atoms with van der Waals surface area (Å²) < 4.78 is 5.06. The van der Waals surface area contributed by atoms with Gasteiger partial charge in [-0.25, -0.2) is 0 Å². The lowest BCUT2D eigenvalue weighted by Crippen LogP contribution is -2.39. The SMILES string of the molecule is CCCNC(=O)C(=O)NCc1ccc(C(=O)c2ccco2)s1. The smallest absolute Gasteiger partial charge is 0.309 e. The van der Waals surface area contributed by atoms with Crippen LogP contribution in [0.5, 0.6) is 0 Å². The summed E-state index contributed by atoms with van der Waals surface area (Å²) >= 11 is 1.25. The number of rotatable bonds is 6. The largest absolute Gasteiger partial charge is 0.461 e. The fourth-order valence-corrected chi connectivity index (χ4v) is 2.58. The van der Waals surface area contributed by atoms with Crippen molar-refractivity contribution in [3.8, 4) is 0 Å². The van der Waals surface area contributed by atoms with Gasteiger partial charge >= 0.3 is 11.8 Å². The highest BCUT2D eigenvalue weighted by Crippen LogP contribution is 2.20. The molecule has 0 spiro atoms. The Morgan fingerprint density at radius 3 is 2.59 bits per heavy atom. The van der Waals surface area contributed by atoms with Gasteiger partial charge in [-0.2, -0.15) is 0 Å². The van der Waals surface area contributed by atoms with E-state index in [-0.39, 0.29) is 18.1 Å². The van der Waals surface area contributed by atoms with Crippen LogP contribution in [0.4, 0.5) is 0 Å². The molecule has 2 heterocycles. The van der Waals surface area contributed by atoms with Gasteiger partial charge in [-0.05, 0) is 30.7 Å². The van der Waals surface area contributed by atoms with E-state index in [2.05, 4.69) is 10.6 Å². The van der Waals surface area contributed by atoms with E-state index in [1.165, 1.54) is 17.6 Å². The van der Waals surface area contributed by atoms with Crippen molar-refractivity contribution < 1.29 is 18.8 Å². The Balaban J connectivity index is 1.88. The maximum absolute atomic E-state index is 12.1. The molecule has 0 saturated carbocycles. The molecule has 0 aliphatic heterocycles. The van der Waals surface area contributed by atoms with Gasteiger partial charge in [0.15, 0.2) is 5.76 Å². The lowest BCUT2D eigenvalue weighted by Gasteiger charge is -2.04. The van der Waals surface area contributed by atoms with Crippen LogP contribution in [0.15, 0.2) is 34.9 Å². The predicted octanol–water partition coefficient (Wildman–Crippen LogP) is 1.71. The fourth-order valence-electron chi connectivity index (χ4n) is 1.69. The third-order valence-corrected chi connectivity index (χ3v) is 3.88. The Hall–Kier alpha value is -2.41. The summed E-state index contributed by atoms with van der Waals surface area (Å²) in [4.78, 5) is 36.3. The van der Waals surface area contributed by atoms with Gasteiger partial charge in [-0.3, -0.25) is 14.4 Å². The summed E-state index contributed by atoms with van der Waals surface area (Å²) in [6.45, 7) is 2.57. The van der Waals surface area contributed by atoms with Crippen LogP contribution in [0.1, 0.15) is 33.7 Å². The first-order chi connectivity index (χ1) is 10.6. The molecule has 22 heavy (non-hydrogen) atoms. The van der Waals surface area contributed by atoms with E-state index in [1.54, 1.807) is 24.3 Å². The van der Waals surface area contributed by atoms with E-state index in [9.17, 15) is 14.4 Å². The van der Waals surface area contributed by atoms with E-state index >= 15 is 0 Å². The third kappa shape index (κ3) is 4.05. The first kappa shape index (κ1) is 16.0. The number of amides is 2. The second-order valence-electron chi connectivity index (χ2n) is 4.51. The van der Waals surface area contributed by atoms with E-state index in [0.717, 1.165) is 11.3 Å². The number of hydrogen-bond acceptors (Lipinski definition) is 5. The average molecular weight is 320 g/mol. The number of furan rings is 1. The monoisotopic (exact) mass is 320 g/mol. The van der Waals surface area contributed by atoms with Crippen molar-refractivity contribution in [2.45, 2.75) is 19.9 Å². The Kier molecular flexibility index (Phi) is 5.48. The number of thiophene rings is 1. The molecular formula is C15H16N2O4S. The summed E-state index contributed by atoms with van der Waals surface area (Å²) in [5.74, 6) is -1.25. The molecule has 2 aromatic heterocycles. The molecule has 7 heteroatoms. The number of carbonyl (C=O) groups excluding carboxylic acids is 3. The van der Waals surface area contributed by atoms with Crippen LogP contribution >= 0.6 is 11.3 Å². The van der Waals surface area contributed by atoms with Gasteiger partial charge in [0.25, 0.3) is 0 Å². The summed E-state index contributed by atoms with van der Waals surface area (Å²) in [6, 6.07) is 6.66. The minimum absolute atomic E-state index is 0.201. The third-order valence-electron chi connectivity index (χ3n) is 2.80. The van der Waals surface area contributed by atoms with Crippen molar-refractivity contribution in [1.82, 2.24) is 10.6 Å². The number of nitrogens with one attached hydrogen (secondary N) is 2. The summed E-state index contributed by atoms with van der Waals surface area (Å²) in [6.07, 6.45) is 2.21. The maximum atomic E-state index is 12.1. The second kappa shape index (κ2) is 7.56. The van der Waals surface area contributed by atoms with Crippen LogP contribution in [-0.2, 0) is 16.1 Å². The predicted molar refractivity (Wildman–Crippen MR) is 81.6 cm³/mol. The molecule has 116 valence electrons. The number of carbonyl (C=O) groups is 3. The Morgan fingerprint density at radius 2 is 1.91 bits per heavy atom. The fraction of sp³-hybridized carbons (Fsp3) is 0.267. The molecule has 6 nitrogen and oxygen atoms in total. The van der Waals surface area contributed by atoms with Crippen LogP contribution in [0, 0.1) is 0 Å². The molecule has 0 radical (unpaired) electrons. The molecule has 2 amide bonds. The average Bonchev–Trinajstić information content (AvgIpc) is 3.20. The molecule has 0 aromatic carbocycles. The second-order valence-corrected chi connectivity index (χ2v) is 5.68. The van der Waals surface area contributed by atoms with Gasteiger partial charge in [0.05, 0.1) is 17.7 Å². The molecule has 2 aromatic rings. The van der Waals surface area contributed by atoms with Gasteiger partial charge in [-0.15, -0.1) is 11.3 Å². The molecule has 0 atom stereocenters. The lowest BCUT2D eigenvalue weighted by molar-refractivity contribution is -0.139. The van der Waals surface area contributed by atoms with Crippen molar-refractivity contribution in [1.29, 1.82) is 0 Å². The standard InChI is InChI=1S/C15H16N2O4S/c1-2-7-16-14(19)15(20)17-9-10-5-6-12(22-10)13(18)11-4-3-8-21-11/h3-6,8H,2,7,9H2,1H3,(H,16,19)(H,17,20). The number of ketones is 1. The van der Waals surface area contributed by atoms with Crippen LogP contribution in [0.2, 0.25) is 0 Å².